The topological polar surface area (TPSA) is 99.3 Å². The van der Waals surface area contributed by atoms with E-state index in [-0.39, 0.29) is 60.1 Å². The van der Waals surface area contributed by atoms with E-state index in [1.54, 1.807) is 30.9 Å². The van der Waals surface area contributed by atoms with Crippen molar-refractivity contribution in [2.45, 2.75) is 98.4 Å². The summed E-state index contributed by atoms with van der Waals surface area (Å²) in [5, 5.41) is 3.00. The zero-order valence-corrected chi connectivity index (χ0v) is 26.5. The molecular formula is C30H56N4O5. The number of amides is 3. The predicted molar refractivity (Wildman–Crippen MR) is 157 cm³/mol. The smallest absolute Gasteiger partial charge is 0.245 e. The van der Waals surface area contributed by atoms with E-state index < -0.39 is 6.04 Å². The van der Waals surface area contributed by atoms with Gasteiger partial charge in [-0.05, 0) is 45.2 Å². The lowest BCUT2D eigenvalue weighted by Crippen LogP contribution is -2.57. The molecule has 0 heterocycles. The van der Waals surface area contributed by atoms with Crippen LogP contribution in [0.1, 0.15) is 74.1 Å². The number of hydrogen-bond donors (Lipinski definition) is 1. The third-order valence-electron chi connectivity index (χ3n) is 7.41. The van der Waals surface area contributed by atoms with Crippen molar-refractivity contribution < 1.29 is 23.9 Å². The first-order chi connectivity index (χ1) is 18.2. The molecule has 0 fully saturated rings. The third kappa shape index (κ3) is 11.4. The number of carbonyl (C=O) groups excluding carboxylic acids is 4. The molecule has 0 aliphatic carbocycles. The monoisotopic (exact) mass is 552 g/mol. The fourth-order valence-corrected chi connectivity index (χ4v) is 4.93. The van der Waals surface area contributed by atoms with Crippen LogP contribution in [0.15, 0.2) is 12.2 Å². The van der Waals surface area contributed by atoms with Gasteiger partial charge in [-0.1, -0.05) is 60.6 Å². The van der Waals surface area contributed by atoms with E-state index >= 15 is 0 Å². The van der Waals surface area contributed by atoms with Crippen molar-refractivity contribution in [1.29, 1.82) is 0 Å². The van der Waals surface area contributed by atoms with Gasteiger partial charge < -0.3 is 24.6 Å². The van der Waals surface area contributed by atoms with Crippen LogP contribution in [-0.2, 0) is 23.9 Å². The molecule has 1 N–H and O–H groups in total. The summed E-state index contributed by atoms with van der Waals surface area (Å²) in [6.07, 6.45) is 2.54. The van der Waals surface area contributed by atoms with Gasteiger partial charge in [0, 0.05) is 39.6 Å². The van der Waals surface area contributed by atoms with Crippen LogP contribution in [-0.4, -0.2) is 104 Å². The second-order valence-corrected chi connectivity index (χ2v) is 11.5. The van der Waals surface area contributed by atoms with Gasteiger partial charge in [0.25, 0.3) is 0 Å². The molecule has 226 valence electrons. The molecule has 3 amide bonds. The summed E-state index contributed by atoms with van der Waals surface area (Å²) in [7, 11) is 6.99. The van der Waals surface area contributed by atoms with Crippen molar-refractivity contribution in [3.63, 3.8) is 0 Å². The largest absolute Gasteiger partial charge is 0.379 e. The number of likely N-dealkylation sites (N-methyl/N-ethyl adjacent to an activating group) is 2. The summed E-state index contributed by atoms with van der Waals surface area (Å²) in [6, 6.07) is -1.41. The standard InChI is InChI=1S/C30H56N4O5/c1-13-17-34(18-25(39-12)23(8)19-35)26(36)16-15-24(22(7)14-2)33(11)30(38)27(20(3)4)31-29(37)28(21(5)6)32(9)10/h19-21,23-25,27-28H,7,13-18H2,1-6,8-12H3,(H,31,37)/t23-,24+,25-,27-,28-/m0/s1. The maximum atomic E-state index is 13.7. The zero-order chi connectivity index (χ0) is 30.4. The number of ether oxygens (including phenoxy) is 1. The van der Waals surface area contributed by atoms with E-state index in [1.165, 1.54) is 0 Å². The van der Waals surface area contributed by atoms with Crippen LogP contribution >= 0.6 is 0 Å². The van der Waals surface area contributed by atoms with Crippen LogP contribution in [0.2, 0.25) is 0 Å². The molecular weight excluding hydrogens is 496 g/mol. The van der Waals surface area contributed by atoms with Crippen LogP contribution in [0.25, 0.3) is 0 Å². The van der Waals surface area contributed by atoms with Gasteiger partial charge in [0.2, 0.25) is 17.7 Å². The van der Waals surface area contributed by atoms with Crippen molar-refractivity contribution in [3.05, 3.63) is 12.2 Å². The minimum Gasteiger partial charge on any atom is -0.379 e. The van der Waals surface area contributed by atoms with Gasteiger partial charge in [0.15, 0.2) is 0 Å². The highest BCUT2D eigenvalue weighted by Crippen LogP contribution is 2.21. The van der Waals surface area contributed by atoms with Crippen LogP contribution < -0.4 is 5.32 Å². The molecule has 9 nitrogen and oxygen atoms in total. The first-order valence-electron chi connectivity index (χ1n) is 14.3. The number of aldehydes is 1. The van der Waals surface area contributed by atoms with E-state index in [2.05, 4.69) is 11.9 Å². The van der Waals surface area contributed by atoms with Gasteiger partial charge in [0.1, 0.15) is 12.3 Å². The fourth-order valence-electron chi connectivity index (χ4n) is 4.93. The molecule has 0 aliphatic rings. The normalized spacial score (nSPS) is 15.4. The molecule has 0 saturated carbocycles. The molecule has 0 spiro atoms. The molecule has 39 heavy (non-hydrogen) atoms. The van der Waals surface area contributed by atoms with Gasteiger partial charge in [-0.15, -0.1) is 0 Å². The predicted octanol–water partition coefficient (Wildman–Crippen LogP) is 3.38. The Kier molecular flexibility index (Phi) is 17.1. The molecule has 0 radical (unpaired) electrons. The maximum absolute atomic E-state index is 13.7. The Morgan fingerprint density at radius 2 is 1.59 bits per heavy atom. The molecule has 0 aromatic rings. The van der Waals surface area contributed by atoms with Crippen LogP contribution in [0, 0.1) is 17.8 Å². The fraction of sp³-hybridized carbons (Fsp3) is 0.800. The summed E-state index contributed by atoms with van der Waals surface area (Å²) in [5.41, 5.74) is 0.854. The van der Waals surface area contributed by atoms with E-state index in [1.807, 2.05) is 60.5 Å². The summed E-state index contributed by atoms with van der Waals surface area (Å²) >= 11 is 0. The number of methoxy groups -OCH3 is 1. The second-order valence-electron chi connectivity index (χ2n) is 11.5. The van der Waals surface area contributed by atoms with E-state index in [4.69, 9.17) is 4.74 Å². The maximum Gasteiger partial charge on any atom is 0.245 e. The Labute approximate surface area is 237 Å². The minimum atomic E-state index is -0.699. The van der Waals surface area contributed by atoms with Crippen LogP contribution in [0.4, 0.5) is 0 Å². The van der Waals surface area contributed by atoms with Crippen molar-refractivity contribution in [2.24, 2.45) is 17.8 Å². The average Bonchev–Trinajstić information content (AvgIpc) is 2.87. The molecule has 5 atom stereocenters. The highest BCUT2D eigenvalue weighted by Gasteiger charge is 2.34. The highest BCUT2D eigenvalue weighted by molar-refractivity contribution is 5.90. The van der Waals surface area contributed by atoms with E-state index in [9.17, 15) is 19.2 Å². The lowest BCUT2D eigenvalue weighted by molar-refractivity contribution is -0.140. The Bertz CT molecular complexity index is 790. The highest BCUT2D eigenvalue weighted by atomic mass is 16.5. The Morgan fingerprint density at radius 1 is 1.00 bits per heavy atom. The lowest BCUT2D eigenvalue weighted by atomic mass is 9.95. The van der Waals surface area contributed by atoms with E-state index in [0.29, 0.717) is 25.9 Å². The second kappa shape index (κ2) is 18.2. The van der Waals surface area contributed by atoms with Crippen molar-refractivity contribution >= 4 is 24.0 Å². The molecule has 0 rings (SSSR count). The summed E-state index contributed by atoms with van der Waals surface area (Å²) in [4.78, 5) is 56.7. The third-order valence-corrected chi connectivity index (χ3v) is 7.41. The number of carbonyl (C=O) groups is 4. The molecule has 0 saturated heterocycles. The first-order valence-corrected chi connectivity index (χ1v) is 14.3. The minimum absolute atomic E-state index is 0.0498. The number of rotatable bonds is 19. The quantitative estimate of drug-likeness (QED) is 0.195. The van der Waals surface area contributed by atoms with Gasteiger partial charge in [-0.2, -0.15) is 0 Å². The van der Waals surface area contributed by atoms with Crippen molar-refractivity contribution in [3.8, 4) is 0 Å². The molecule has 0 aromatic carbocycles. The van der Waals surface area contributed by atoms with Crippen molar-refractivity contribution in [1.82, 2.24) is 20.0 Å². The number of nitrogens with one attached hydrogen (secondary N) is 1. The molecule has 0 unspecified atom stereocenters. The van der Waals surface area contributed by atoms with Crippen LogP contribution in [0.3, 0.4) is 0 Å². The SMILES string of the molecule is C=C(CC)[C@@H](CCC(=O)N(CCC)C[C@H](OC)[C@@H](C)C=O)N(C)C(=O)[C@@H](NC(=O)[C@H](C(C)C)N(C)C)C(C)C. The number of hydrogen-bond acceptors (Lipinski definition) is 6. The molecule has 0 aromatic heterocycles. The van der Waals surface area contributed by atoms with Crippen molar-refractivity contribution in [2.75, 3.05) is 41.3 Å². The summed E-state index contributed by atoms with van der Waals surface area (Å²) in [6.45, 7) is 18.7. The molecule has 0 bridgehead atoms. The number of nitrogens with zero attached hydrogens (tertiary/aromatic N) is 3. The van der Waals surface area contributed by atoms with E-state index in [0.717, 1.165) is 18.3 Å². The Hall–Kier alpha value is -2.26. The summed E-state index contributed by atoms with van der Waals surface area (Å²) in [5.74, 6) is -0.796. The lowest BCUT2D eigenvalue weighted by Gasteiger charge is -2.36. The Balaban J connectivity index is 5.77. The first kappa shape index (κ1) is 36.7. The molecule has 9 heteroatoms. The van der Waals surface area contributed by atoms with Crippen LogP contribution in [0.5, 0.6) is 0 Å². The molecule has 0 aliphatic heterocycles. The zero-order valence-electron chi connectivity index (χ0n) is 26.5. The Morgan fingerprint density at radius 3 is 2.00 bits per heavy atom. The van der Waals surface area contributed by atoms with Gasteiger partial charge >= 0.3 is 0 Å². The van der Waals surface area contributed by atoms with Gasteiger partial charge in [-0.25, -0.2) is 0 Å². The average molecular weight is 553 g/mol. The summed E-state index contributed by atoms with van der Waals surface area (Å²) < 4.78 is 5.48. The van der Waals surface area contributed by atoms with Gasteiger partial charge in [0.05, 0.1) is 18.2 Å². The van der Waals surface area contributed by atoms with Gasteiger partial charge in [-0.3, -0.25) is 19.3 Å².